The lowest BCUT2D eigenvalue weighted by Crippen LogP contribution is -2.50. The van der Waals surface area contributed by atoms with Crippen molar-refractivity contribution in [3.8, 4) is 0 Å². The molecule has 0 saturated heterocycles. The number of hydrogen-bond acceptors (Lipinski definition) is 3. The summed E-state index contributed by atoms with van der Waals surface area (Å²) in [6.07, 6.45) is 3.39. The van der Waals surface area contributed by atoms with Crippen LogP contribution in [0.15, 0.2) is 77.5 Å². The van der Waals surface area contributed by atoms with Gasteiger partial charge in [-0.05, 0) is 41.3 Å². The molecule has 2 heterocycles. The quantitative estimate of drug-likeness (QED) is 0.339. The molecule has 170 valence electrons. The molecule has 0 radical (unpaired) electrons. The first-order valence-corrected chi connectivity index (χ1v) is 11.3. The number of aromatic nitrogens is 1. The standard InChI is InChI=1S/C26H26ClN3O3/c1-16(2)24(30-25(31)23-12-7-13-33-23)26(32)29-15-19(17-8-3-5-10-21(17)27)20-14-28-22-11-6-4-9-18(20)22/h3-14,16,19,24,28H,15H2,1-2H3,(H,29,32)(H,30,31)/t19-,24-/m0/s1. The molecule has 0 spiro atoms. The number of amides is 2. The van der Waals surface area contributed by atoms with E-state index in [1.54, 1.807) is 12.1 Å². The normalized spacial score (nSPS) is 13.1. The van der Waals surface area contributed by atoms with E-state index in [4.69, 9.17) is 16.0 Å². The highest BCUT2D eigenvalue weighted by atomic mass is 35.5. The van der Waals surface area contributed by atoms with Crippen molar-refractivity contribution in [2.24, 2.45) is 5.92 Å². The van der Waals surface area contributed by atoms with Crippen molar-refractivity contribution < 1.29 is 14.0 Å². The lowest BCUT2D eigenvalue weighted by Gasteiger charge is -2.24. The van der Waals surface area contributed by atoms with Gasteiger partial charge in [-0.25, -0.2) is 0 Å². The van der Waals surface area contributed by atoms with E-state index in [0.29, 0.717) is 11.6 Å². The number of carbonyl (C=O) groups excluding carboxylic acids is 2. The van der Waals surface area contributed by atoms with Gasteiger partial charge in [-0.3, -0.25) is 9.59 Å². The van der Waals surface area contributed by atoms with Gasteiger partial charge in [-0.1, -0.05) is 61.8 Å². The van der Waals surface area contributed by atoms with Crippen LogP contribution in [-0.4, -0.2) is 29.4 Å². The van der Waals surface area contributed by atoms with E-state index in [1.165, 1.54) is 6.26 Å². The summed E-state index contributed by atoms with van der Waals surface area (Å²) in [6.45, 7) is 4.10. The highest BCUT2D eigenvalue weighted by molar-refractivity contribution is 6.31. The molecule has 2 aromatic heterocycles. The first-order chi connectivity index (χ1) is 16.0. The van der Waals surface area contributed by atoms with Crippen LogP contribution in [0.4, 0.5) is 0 Å². The Bertz CT molecular complexity index is 1250. The van der Waals surface area contributed by atoms with Crippen LogP contribution in [-0.2, 0) is 4.79 Å². The van der Waals surface area contributed by atoms with E-state index in [-0.39, 0.29) is 23.5 Å². The Balaban J connectivity index is 1.58. The van der Waals surface area contributed by atoms with Crippen molar-refractivity contribution in [2.45, 2.75) is 25.8 Å². The summed E-state index contributed by atoms with van der Waals surface area (Å²) in [6, 6.07) is 18.2. The zero-order valence-electron chi connectivity index (χ0n) is 18.5. The van der Waals surface area contributed by atoms with E-state index >= 15 is 0 Å². The molecule has 0 bridgehead atoms. The minimum absolute atomic E-state index is 0.115. The zero-order chi connectivity index (χ0) is 23.4. The SMILES string of the molecule is CC(C)[C@H](NC(=O)c1ccco1)C(=O)NC[C@@H](c1ccccc1Cl)c1c[nH]c2ccccc12. The average molecular weight is 464 g/mol. The van der Waals surface area contributed by atoms with Gasteiger partial charge >= 0.3 is 0 Å². The fourth-order valence-electron chi connectivity index (χ4n) is 4.00. The second kappa shape index (κ2) is 9.96. The van der Waals surface area contributed by atoms with Gasteiger partial charge in [0.1, 0.15) is 6.04 Å². The first-order valence-electron chi connectivity index (χ1n) is 10.9. The zero-order valence-corrected chi connectivity index (χ0v) is 19.2. The van der Waals surface area contributed by atoms with Crippen molar-refractivity contribution in [2.75, 3.05) is 6.54 Å². The summed E-state index contributed by atoms with van der Waals surface area (Å²) >= 11 is 6.55. The lowest BCUT2D eigenvalue weighted by molar-refractivity contribution is -0.123. The number of halogens is 1. The summed E-state index contributed by atoms with van der Waals surface area (Å²) in [5.74, 6) is -0.806. The number of aromatic amines is 1. The van der Waals surface area contributed by atoms with E-state index in [2.05, 4.69) is 15.6 Å². The smallest absolute Gasteiger partial charge is 0.287 e. The molecule has 33 heavy (non-hydrogen) atoms. The maximum Gasteiger partial charge on any atom is 0.287 e. The molecule has 4 rings (SSSR count). The highest BCUT2D eigenvalue weighted by Gasteiger charge is 2.27. The van der Waals surface area contributed by atoms with E-state index in [0.717, 1.165) is 22.0 Å². The summed E-state index contributed by atoms with van der Waals surface area (Å²) in [5.41, 5.74) is 2.98. The maximum absolute atomic E-state index is 13.1. The number of furan rings is 1. The molecule has 0 aliphatic rings. The number of H-pyrrole nitrogens is 1. The fraction of sp³-hybridized carbons (Fsp3) is 0.231. The van der Waals surface area contributed by atoms with Crippen molar-refractivity contribution in [3.05, 3.63) is 95.0 Å². The number of benzene rings is 2. The molecule has 2 amide bonds. The number of carbonyl (C=O) groups is 2. The molecule has 0 fully saturated rings. The Labute approximate surface area is 197 Å². The predicted octanol–water partition coefficient (Wildman–Crippen LogP) is 5.12. The minimum Gasteiger partial charge on any atom is -0.459 e. The van der Waals surface area contributed by atoms with Crippen molar-refractivity contribution in [1.82, 2.24) is 15.6 Å². The molecular weight excluding hydrogens is 438 g/mol. The Morgan fingerprint density at radius 3 is 2.48 bits per heavy atom. The molecule has 6 nitrogen and oxygen atoms in total. The molecule has 0 unspecified atom stereocenters. The molecule has 7 heteroatoms. The first kappa shape index (κ1) is 22.7. The molecule has 2 atom stereocenters. The lowest BCUT2D eigenvalue weighted by atomic mass is 9.90. The summed E-state index contributed by atoms with van der Waals surface area (Å²) in [4.78, 5) is 28.9. The Hall–Kier alpha value is -3.51. The number of rotatable bonds is 8. The monoisotopic (exact) mass is 463 g/mol. The van der Waals surface area contributed by atoms with E-state index in [9.17, 15) is 9.59 Å². The van der Waals surface area contributed by atoms with Crippen LogP contribution in [0.5, 0.6) is 0 Å². The Kier molecular flexibility index (Phi) is 6.84. The van der Waals surface area contributed by atoms with Crippen LogP contribution < -0.4 is 10.6 Å². The third kappa shape index (κ3) is 4.96. The van der Waals surface area contributed by atoms with Gasteiger partial charge in [-0.15, -0.1) is 0 Å². The van der Waals surface area contributed by atoms with Gasteiger partial charge in [0.15, 0.2) is 5.76 Å². The Morgan fingerprint density at radius 1 is 1.00 bits per heavy atom. The average Bonchev–Trinajstić information content (AvgIpc) is 3.49. The molecule has 3 N–H and O–H groups in total. The third-order valence-corrected chi connectivity index (χ3v) is 6.08. The predicted molar refractivity (Wildman–Crippen MR) is 129 cm³/mol. The van der Waals surface area contributed by atoms with Gasteiger partial charge < -0.3 is 20.0 Å². The topological polar surface area (TPSA) is 87.1 Å². The van der Waals surface area contributed by atoms with E-state index < -0.39 is 11.9 Å². The number of nitrogens with one attached hydrogen (secondary N) is 3. The van der Waals surface area contributed by atoms with Gasteiger partial charge in [-0.2, -0.15) is 0 Å². The molecule has 0 saturated carbocycles. The summed E-state index contributed by atoms with van der Waals surface area (Å²) in [7, 11) is 0. The molecule has 2 aromatic carbocycles. The molecule has 4 aromatic rings. The fourth-order valence-corrected chi connectivity index (χ4v) is 4.26. The maximum atomic E-state index is 13.1. The van der Waals surface area contributed by atoms with Crippen molar-refractivity contribution >= 4 is 34.3 Å². The van der Waals surface area contributed by atoms with Gasteiger partial charge in [0.25, 0.3) is 5.91 Å². The second-order valence-corrected chi connectivity index (χ2v) is 8.69. The van der Waals surface area contributed by atoms with Crippen LogP contribution in [0, 0.1) is 5.92 Å². The van der Waals surface area contributed by atoms with E-state index in [1.807, 2.05) is 68.6 Å². The second-order valence-electron chi connectivity index (χ2n) is 8.28. The van der Waals surface area contributed by atoms with Crippen LogP contribution in [0.3, 0.4) is 0 Å². The van der Waals surface area contributed by atoms with Gasteiger partial charge in [0.2, 0.25) is 5.91 Å². The van der Waals surface area contributed by atoms with Crippen LogP contribution in [0.25, 0.3) is 10.9 Å². The Morgan fingerprint density at radius 2 is 1.76 bits per heavy atom. The molecular formula is C26H26ClN3O3. The number of hydrogen-bond donors (Lipinski definition) is 3. The number of fused-ring (bicyclic) bond motifs is 1. The third-order valence-electron chi connectivity index (χ3n) is 5.74. The number of para-hydroxylation sites is 1. The van der Waals surface area contributed by atoms with Gasteiger partial charge in [0, 0.05) is 34.6 Å². The highest BCUT2D eigenvalue weighted by Crippen LogP contribution is 2.34. The summed E-state index contributed by atoms with van der Waals surface area (Å²) < 4.78 is 5.15. The molecule has 0 aliphatic carbocycles. The van der Waals surface area contributed by atoms with Crippen LogP contribution in [0.1, 0.15) is 41.4 Å². The van der Waals surface area contributed by atoms with Crippen molar-refractivity contribution in [3.63, 3.8) is 0 Å². The summed E-state index contributed by atoms with van der Waals surface area (Å²) in [5, 5.41) is 7.52. The molecule has 0 aliphatic heterocycles. The largest absolute Gasteiger partial charge is 0.459 e. The van der Waals surface area contributed by atoms with Gasteiger partial charge in [0.05, 0.1) is 6.26 Å². The van der Waals surface area contributed by atoms with Crippen molar-refractivity contribution in [1.29, 1.82) is 0 Å². The van der Waals surface area contributed by atoms with Crippen LogP contribution >= 0.6 is 11.6 Å². The van der Waals surface area contributed by atoms with Crippen LogP contribution in [0.2, 0.25) is 5.02 Å². The minimum atomic E-state index is -0.711.